The van der Waals surface area contributed by atoms with Gasteiger partial charge in [-0.3, -0.25) is 0 Å². The SMILES string of the molecule is COC1=CC=CC2=CCCC(N)C21. The van der Waals surface area contributed by atoms with E-state index >= 15 is 0 Å². The maximum absolute atomic E-state index is 6.06. The standard InChI is InChI=1S/C11H15NO/c1-13-10-7-3-5-8-4-2-6-9(12)11(8)10/h3-5,7,9,11H,2,6,12H2,1H3. The average molecular weight is 177 g/mol. The minimum Gasteiger partial charge on any atom is -0.500 e. The Balaban J connectivity index is 2.33. The van der Waals surface area contributed by atoms with Crippen molar-refractivity contribution < 1.29 is 4.74 Å². The van der Waals surface area contributed by atoms with Gasteiger partial charge in [0.25, 0.3) is 0 Å². The maximum Gasteiger partial charge on any atom is 0.105 e. The Morgan fingerprint density at radius 1 is 1.54 bits per heavy atom. The average Bonchev–Trinajstić information content (AvgIpc) is 2.17. The minimum atomic E-state index is 0.219. The molecule has 2 N–H and O–H groups in total. The molecule has 13 heavy (non-hydrogen) atoms. The summed E-state index contributed by atoms with van der Waals surface area (Å²) < 4.78 is 5.32. The molecule has 0 radical (unpaired) electrons. The summed E-state index contributed by atoms with van der Waals surface area (Å²) in [7, 11) is 1.71. The van der Waals surface area contributed by atoms with E-state index < -0.39 is 0 Å². The summed E-state index contributed by atoms with van der Waals surface area (Å²) in [5.74, 6) is 1.30. The van der Waals surface area contributed by atoms with Crippen molar-refractivity contribution >= 4 is 0 Å². The number of hydrogen-bond donors (Lipinski definition) is 1. The van der Waals surface area contributed by atoms with Gasteiger partial charge in [-0.1, -0.05) is 18.2 Å². The molecule has 0 heterocycles. The quantitative estimate of drug-likeness (QED) is 0.662. The molecule has 2 heteroatoms. The van der Waals surface area contributed by atoms with Crippen LogP contribution >= 0.6 is 0 Å². The lowest BCUT2D eigenvalue weighted by atomic mass is 9.80. The predicted octanol–water partition coefficient (Wildman–Crippen LogP) is 1.75. The van der Waals surface area contributed by atoms with Gasteiger partial charge in [0.05, 0.1) is 13.0 Å². The molecule has 0 saturated heterocycles. The summed E-state index contributed by atoms with van der Waals surface area (Å²) >= 11 is 0. The van der Waals surface area contributed by atoms with Crippen LogP contribution in [0.2, 0.25) is 0 Å². The fraction of sp³-hybridized carbons (Fsp3) is 0.455. The molecule has 2 aliphatic carbocycles. The normalized spacial score (nSPS) is 31.8. The highest BCUT2D eigenvalue weighted by atomic mass is 16.5. The maximum atomic E-state index is 6.06. The highest BCUT2D eigenvalue weighted by Crippen LogP contribution is 2.33. The molecular weight excluding hydrogens is 162 g/mol. The summed E-state index contributed by atoms with van der Waals surface area (Å²) in [6, 6.07) is 0.219. The molecule has 2 unspecified atom stereocenters. The zero-order valence-electron chi connectivity index (χ0n) is 7.86. The van der Waals surface area contributed by atoms with Gasteiger partial charge in [0.2, 0.25) is 0 Å². The van der Waals surface area contributed by atoms with Crippen molar-refractivity contribution in [3.8, 4) is 0 Å². The minimum absolute atomic E-state index is 0.219. The Labute approximate surface area is 78.8 Å². The highest BCUT2D eigenvalue weighted by Gasteiger charge is 2.29. The van der Waals surface area contributed by atoms with E-state index in [2.05, 4.69) is 12.2 Å². The number of nitrogens with two attached hydrogens (primary N) is 1. The van der Waals surface area contributed by atoms with Crippen molar-refractivity contribution in [1.29, 1.82) is 0 Å². The largest absolute Gasteiger partial charge is 0.500 e. The molecule has 0 aromatic heterocycles. The third-order valence-corrected chi connectivity index (χ3v) is 2.76. The van der Waals surface area contributed by atoms with E-state index in [-0.39, 0.29) is 6.04 Å². The fourth-order valence-corrected chi connectivity index (χ4v) is 2.08. The van der Waals surface area contributed by atoms with Crippen molar-refractivity contribution in [2.45, 2.75) is 18.9 Å². The van der Waals surface area contributed by atoms with Crippen molar-refractivity contribution in [3.05, 3.63) is 35.6 Å². The van der Waals surface area contributed by atoms with Crippen LogP contribution in [0.4, 0.5) is 0 Å². The first-order chi connectivity index (χ1) is 6.33. The zero-order valence-corrected chi connectivity index (χ0v) is 7.86. The van der Waals surface area contributed by atoms with Gasteiger partial charge in [0.1, 0.15) is 5.76 Å². The van der Waals surface area contributed by atoms with Crippen LogP contribution in [0.5, 0.6) is 0 Å². The van der Waals surface area contributed by atoms with Crippen LogP contribution in [0.1, 0.15) is 12.8 Å². The Hall–Kier alpha value is -1.02. The molecule has 0 aliphatic heterocycles. The monoisotopic (exact) mass is 177 g/mol. The second-order valence-corrected chi connectivity index (χ2v) is 3.56. The first-order valence-corrected chi connectivity index (χ1v) is 4.71. The molecule has 0 amide bonds. The van der Waals surface area contributed by atoms with Crippen LogP contribution in [0.15, 0.2) is 35.6 Å². The molecule has 2 nitrogen and oxygen atoms in total. The Morgan fingerprint density at radius 2 is 2.38 bits per heavy atom. The van der Waals surface area contributed by atoms with Gasteiger partial charge in [-0.05, 0) is 24.5 Å². The van der Waals surface area contributed by atoms with Crippen LogP contribution in [0.3, 0.4) is 0 Å². The molecule has 2 rings (SSSR count). The van der Waals surface area contributed by atoms with Crippen LogP contribution in [-0.4, -0.2) is 13.2 Å². The Morgan fingerprint density at radius 3 is 3.15 bits per heavy atom. The van der Waals surface area contributed by atoms with E-state index in [1.54, 1.807) is 7.11 Å². The molecule has 0 fully saturated rings. The lowest BCUT2D eigenvalue weighted by molar-refractivity contribution is 0.234. The van der Waals surface area contributed by atoms with E-state index in [1.807, 2.05) is 12.2 Å². The van der Waals surface area contributed by atoms with Gasteiger partial charge in [0, 0.05) is 6.04 Å². The van der Waals surface area contributed by atoms with Gasteiger partial charge in [-0.2, -0.15) is 0 Å². The van der Waals surface area contributed by atoms with E-state index in [4.69, 9.17) is 10.5 Å². The van der Waals surface area contributed by atoms with Gasteiger partial charge in [0.15, 0.2) is 0 Å². The summed E-state index contributed by atoms with van der Waals surface area (Å²) in [5, 5.41) is 0. The topological polar surface area (TPSA) is 35.2 Å². The van der Waals surface area contributed by atoms with Crippen molar-refractivity contribution in [2.24, 2.45) is 11.7 Å². The summed E-state index contributed by atoms with van der Waals surface area (Å²) in [4.78, 5) is 0. The summed E-state index contributed by atoms with van der Waals surface area (Å²) in [5.41, 5.74) is 7.38. The molecule has 0 bridgehead atoms. The smallest absolute Gasteiger partial charge is 0.105 e. The second-order valence-electron chi connectivity index (χ2n) is 3.56. The van der Waals surface area contributed by atoms with Crippen LogP contribution in [0.25, 0.3) is 0 Å². The fourth-order valence-electron chi connectivity index (χ4n) is 2.08. The van der Waals surface area contributed by atoms with Crippen LogP contribution in [-0.2, 0) is 4.74 Å². The molecule has 0 aromatic carbocycles. The first-order valence-electron chi connectivity index (χ1n) is 4.71. The van der Waals surface area contributed by atoms with E-state index in [1.165, 1.54) is 5.57 Å². The van der Waals surface area contributed by atoms with Gasteiger partial charge in [-0.15, -0.1) is 0 Å². The lowest BCUT2D eigenvalue weighted by Gasteiger charge is -2.31. The Bertz CT molecular complexity index is 288. The predicted molar refractivity (Wildman–Crippen MR) is 53.0 cm³/mol. The van der Waals surface area contributed by atoms with Gasteiger partial charge >= 0.3 is 0 Å². The molecule has 0 aromatic rings. The third kappa shape index (κ3) is 1.42. The molecule has 0 saturated carbocycles. The second kappa shape index (κ2) is 3.38. The number of hydrogen-bond acceptors (Lipinski definition) is 2. The highest BCUT2D eigenvalue weighted by molar-refractivity contribution is 5.38. The molecule has 0 spiro atoms. The zero-order chi connectivity index (χ0) is 9.26. The van der Waals surface area contributed by atoms with Crippen LogP contribution in [0, 0.1) is 5.92 Å². The van der Waals surface area contributed by atoms with Crippen molar-refractivity contribution in [2.75, 3.05) is 7.11 Å². The molecular formula is C11H15NO. The number of rotatable bonds is 1. The van der Waals surface area contributed by atoms with Gasteiger partial charge < -0.3 is 10.5 Å². The van der Waals surface area contributed by atoms with Crippen LogP contribution < -0.4 is 5.73 Å². The van der Waals surface area contributed by atoms with Crippen molar-refractivity contribution in [1.82, 2.24) is 0 Å². The number of ether oxygens (including phenoxy) is 1. The Kier molecular flexibility index (Phi) is 2.23. The lowest BCUT2D eigenvalue weighted by Crippen LogP contribution is -2.35. The van der Waals surface area contributed by atoms with E-state index in [9.17, 15) is 0 Å². The first kappa shape index (κ1) is 8.57. The van der Waals surface area contributed by atoms with E-state index in [0.717, 1.165) is 18.6 Å². The number of fused-ring (bicyclic) bond motifs is 1. The summed E-state index contributed by atoms with van der Waals surface area (Å²) in [6.45, 7) is 0. The number of allylic oxidation sites excluding steroid dienone is 4. The summed E-state index contributed by atoms with van der Waals surface area (Å²) in [6.07, 6.45) is 10.6. The van der Waals surface area contributed by atoms with Gasteiger partial charge in [-0.25, -0.2) is 0 Å². The van der Waals surface area contributed by atoms with E-state index in [0.29, 0.717) is 5.92 Å². The third-order valence-electron chi connectivity index (χ3n) is 2.76. The molecule has 2 atom stereocenters. The van der Waals surface area contributed by atoms with Crippen molar-refractivity contribution in [3.63, 3.8) is 0 Å². The number of methoxy groups -OCH3 is 1. The molecule has 2 aliphatic rings. The molecule has 70 valence electrons.